The number of thiazole rings is 1. The van der Waals surface area contributed by atoms with E-state index >= 15 is 0 Å². The van der Waals surface area contributed by atoms with Crippen LogP contribution in [0.15, 0.2) is 16.0 Å². The molecule has 0 aliphatic carbocycles. The normalized spacial score (nSPS) is 11.9. The molecule has 8 nitrogen and oxygen atoms in total. The maximum Gasteiger partial charge on any atom is 0.355 e. The quantitative estimate of drug-likeness (QED) is 0.828. The molecular formula is C12H13N3O5S. The molecule has 2 rings (SSSR count). The van der Waals surface area contributed by atoms with E-state index in [0.717, 1.165) is 0 Å². The van der Waals surface area contributed by atoms with E-state index in [-0.39, 0.29) is 24.1 Å². The fraction of sp³-hybridized carbons (Fsp3) is 0.333. The highest BCUT2D eigenvalue weighted by Crippen LogP contribution is 2.18. The first-order valence-electron chi connectivity index (χ1n) is 6.00. The topological polar surface area (TPSA) is 115 Å². The van der Waals surface area contributed by atoms with E-state index in [4.69, 9.17) is 14.4 Å². The van der Waals surface area contributed by atoms with Crippen molar-refractivity contribution >= 4 is 23.2 Å². The van der Waals surface area contributed by atoms with Gasteiger partial charge < -0.3 is 19.7 Å². The summed E-state index contributed by atoms with van der Waals surface area (Å²) in [7, 11) is 0. The van der Waals surface area contributed by atoms with Crippen molar-refractivity contribution in [2.45, 2.75) is 19.9 Å². The lowest BCUT2D eigenvalue weighted by Gasteiger charge is -2.10. The predicted molar refractivity (Wildman–Crippen MR) is 72.4 cm³/mol. The standard InChI is InChI=1S/C12H13N3O5S/c1-6-3-10(15-20-6)19-4-9(16)13-7(2)11-14-8(5-21-11)12(17)18/h3,5,7H,4H2,1-2H3,(H,13,16)(H,17,18). The average Bonchev–Trinajstić information content (AvgIpc) is 3.05. The molecule has 1 atom stereocenters. The lowest BCUT2D eigenvalue weighted by molar-refractivity contribution is -0.123. The van der Waals surface area contributed by atoms with Crippen LogP contribution in [0.25, 0.3) is 0 Å². The van der Waals surface area contributed by atoms with E-state index in [1.165, 1.54) is 16.7 Å². The minimum Gasteiger partial charge on any atom is -0.476 e. The molecule has 2 N–H and O–H groups in total. The molecule has 0 aliphatic rings. The van der Waals surface area contributed by atoms with Crippen LogP contribution in [-0.4, -0.2) is 33.7 Å². The van der Waals surface area contributed by atoms with Crippen molar-refractivity contribution in [3.8, 4) is 5.88 Å². The first-order valence-corrected chi connectivity index (χ1v) is 6.88. The van der Waals surface area contributed by atoms with Crippen LogP contribution in [0.4, 0.5) is 0 Å². The smallest absolute Gasteiger partial charge is 0.355 e. The van der Waals surface area contributed by atoms with Gasteiger partial charge in [-0.1, -0.05) is 0 Å². The molecule has 21 heavy (non-hydrogen) atoms. The van der Waals surface area contributed by atoms with Gasteiger partial charge in [0.1, 0.15) is 10.8 Å². The fourth-order valence-corrected chi connectivity index (χ4v) is 2.28. The number of aromatic nitrogens is 2. The molecule has 0 bridgehead atoms. The second-order valence-electron chi connectivity index (χ2n) is 4.23. The Hall–Kier alpha value is -2.42. The third-order valence-electron chi connectivity index (χ3n) is 2.45. The number of carboxylic acids is 1. The number of aryl methyl sites for hydroxylation is 1. The summed E-state index contributed by atoms with van der Waals surface area (Å²) in [5.41, 5.74) is -0.0366. The molecule has 2 aromatic heterocycles. The van der Waals surface area contributed by atoms with E-state index in [1.807, 2.05) is 0 Å². The molecule has 0 fully saturated rings. The van der Waals surface area contributed by atoms with Crippen LogP contribution in [0, 0.1) is 6.92 Å². The van der Waals surface area contributed by atoms with E-state index < -0.39 is 12.0 Å². The summed E-state index contributed by atoms with van der Waals surface area (Å²) >= 11 is 1.17. The number of aromatic carboxylic acids is 1. The van der Waals surface area contributed by atoms with Crippen LogP contribution in [0.3, 0.4) is 0 Å². The number of carboxylic acid groups (broad SMARTS) is 1. The highest BCUT2D eigenvalue weighted by molar-refractivity contribution is 7.09. The lowest BCUT2D eigenvalue weighted by atomic mass is 10.3. The molecule has 2 aromatic rings. The Balaban J connectivity index is 1.85. The Labute approximate surface area is 123 Å². The summed E-state index contributed by atoms with van der Waals surface area (Å²) in [5, 5.41) is 17.0. The number of hydrogen-bond donors (Lipinski definition) is 2. The highest BCUT2D eigenvalue weighted by Gasteiger charge is 2.16. The third-order valence-corrected chi connectivity index (χ3v) is 3.47. The molecule has 0 saturated carbocycles. The third kappa shape index (κ3) is 4.02. The van der Waals surface area contributed by atoms with Gasteiger partial charge in [0.15, 0.2) is 12.3 Å². The van der Waals surface area contributed by atoms with E-state index in [9.17, 15) is 9.59 Å². The van der Waals surface area contributed by atoms with Gasteiger partial charge in [-0.25, -0.2) is 9.78 Å². The average molecular weight is 311 g/mol. The summed E-state index contributed by atoms with van der Waals surface area (Å²) < 4.78 is 9.94. The fourth-order valence-electron chi connectivity index (χ4n) is 1.48. The lowest BCUT2D eigenvalue weighted by Crippen LogP contribution is -2.31. The predicted octanol–water partition coefficient (Wildman–Crippen LogP) is 1.39. The highest BCUT2D eigenvalue weighted by atomic mass is 32.1. The van der Waals surface area contributed by atoms with Gasteiger partial charge in [0, 0.05) is 11.4 Å². The van der Waals surface area contributed by atoms with Gasteiger partial charge in [0.05, 0.1) is 6.04 Å². The monoisotopic (exact) mass is 311 g/mol. The van der Waals surface area contributed by atoms with Crippen molar-refractivity contribution in [3.63, 3.8) is 0 Å². The largest absolute Gasteiger partial charge is 0.476 e. The van der Waals surface area contributed by atoms with Crippen LogP contribution in [-0.2, 0) is 4.79 Å². The van der Waals surface area contributed by atoms with Gasteiger partial charge in [0.2, 0.25) is 0 Å². The number of carbonyl (C=O) groups excluding carboxylic acids is 1. The van der Waals surface area contributed by atoms with Gasteiger partial charge in [-0.05, 0) is 19.0 Å². The number of carbonyl (C=O) groups is 2. The molecule has 0 aliphatic heterocycles. The Kier molecular flexibility index (Phi) is 4.53. The van der Waals surface area contributed by atoms with Crippen molar-refractivity contribution in [2.75, 3.05) is 6.61 Å². The molecule has 0 spiro atoms. The number of ether oxygens (including phenoxy) is 1. The summed E-state index contributed by atoms with van der Waals surface area (Å²) in [6, 6.07) is 1.16. The van der Waals surface area contributed by atoms with E-state index in [0.29, 0.717) is 10.8 Å². The van der Waals surface area contributed by atoms with Crippen molar-refractivity contribution in [2.24, 2.45) is 0 Å². The first-order chi connectivity index (χ1) is 9.95. The maximum atomic E-state index is 11.7. The van der Waals surface area contributed by atoms with Crippen LogP contribution in [0.5, 0.6) is 5.88 Å². The minimum absolute atomic E-state index is 0.0366. The zero-order chi connectivity index (χ0) is 15.4. The summed E-state index contributed by atoms with van der Waals surface area (Å²) in [6.45, 7) is 3.21. The van der Waals surface area contributed by atoms with Gasteiger partial charge in [-0.2, -0.15) is 0 Å². The number of amides is 1. The Bertz CT molecular complexity index is 651. The SMILES string of the molecule is Cc1cc(OCC(=O)NC(C)c2nc(C(=O)O)cs2)no1. The summed E-state index contributed by atoms with van der Waals surface area (Å²) in [5.74, 6) is -0.642. The van der Waals surface area contributed by atoms with Crippen molar-refractivity contribution < 1.29 is 24.0 Å². The molecule has 2 heterocycles. The maximum absolute atomic E-state index is 11.7. The second kappa shape index (κ2) is 6.35. The van der Waals surface area contributed by atoms with Crippen molar-refractivity contribution in [1.29, 1.82) is 0 Å². The van der Waals surface area contributed by atoms with Crippen molar-refractivity contribution in [3.05, 3.63) is 27.9 Å². The van der Waals surface area contributed by atoms with Crippen LogP contribution >= 0.6 is 11.3 Å². The molecule has 9 heteroatoms. The first kappa shape index (κ1) is 15.0. The van der Waals surface area contributed by atoms with Crippen LogP contribution < -0.4 is 10.1 Å². The zero-order valence-corrected chi connectivity index (χ0v) is 12.1. The van der Waals surface area contributed by atoms with E-state index in [2.05, 4.69) is 15.5 Å². The Morgan fingerprint density at radius 2 is 2.33 bits per heavy atom. The molecule has 1 unspecified atom stereocenters. The van der Waals surface area contributed by atoms with Crippen molar-refractivity contribution in [1.82, 2.24) is 15.5 Å². The molecule has 0 aromatic carbocycles. The second-order valence-corrected chi connectivity index (χ2v) is 5.12. The molecular weight excluding hydrogens is 298 g/mol. The van der Waals surface area contributed by atoms with Gasteiger partial charge in [-0.3, -0.25) is 4.79 Å². The van der Waals surface area contributed by atoms with Gasteiger partial charge >= 0.3 is 5.97 Å². The molecule has 1 amide bonds. The minimum atomic E-state index is -1.10. The molecule has 0 saturated heterocycles. The zero-order valence-electron chi connectivity index (χ0n) is 11.3. The number of rotatable bonds is 6. The molecule has 0 radical (unpaired) electrons. The van der Waals surface area contributed by atoms with Gasteiger partial charge in [0.25, 0.3) is 11.8 Å². The Morgan fingerprint density at radius 1 is 1.57 bits per heavy atom. The summed E-state index contributed by atoms with van der Waals surface area (Å²) in [6.07, 6.45) is 0. The molecule has 112 valence electrons. The Morgan fingerprint density at radius 3 is 2.90 bits per heavy atom. The van der Waals surface area contributed by atoms with Crippen LogP contribution in [0.2, 0.25) is 0 Å². The summed E-state index contributed by atoms with van der Waals surface area (Å²) in [4.78, 5) is 26.4. The number of hydrogen-bond acceptors (Lipinski definition) is 7. The number of nitrogens with zero attached hydrogens (tertiary/aromatic N) is 2. The van der Waals surface area contributed by atoms with Gasteiger partial charge in [-0.15, -0.1) is 11.3 Å². The van der Waals surface area contributed by atoms with E-state index in [1.54, 1.807) is 19.9 Å². The van der Waals surface area contributed by atoms with Crippen LogP contribution in [0.1, 0.15) is 34.2 Å². The number of nitrogens with one attached hydrogen (secondary N) is 1.